The normalized spacial score (nSPS) is 10.7. The van der Waals surface area contributed by atoms with Crippen molar-refractivity contribution in [1.82, 2.24) is 19.7 Å². The summed E-state index contributed by atoms with van der Waals surface area (Å²) >= 11 is 0. The van der Waals surface area contributed by atoms with E-state index in [2.05, 4.69) is 20.4 Å². The molecule has 1 amide bonds. The minimum atomic E-state index is -0.799. The van der Waals surface area contributed by atoms with Gasteiger partial charge in [0.15, 0.2) is 5.82 Å². The Bertz CT molecular complexity index is 1510. The van der Waals surface area contributed by atoms with Gasteiger partial charge >= 0.3 is 0 Å². The molecule has 0 aliphatic rings. The van der Waals surface area contributed by atoms with Crippen molar-refractivity contribution < 1.29 is 19.4 Å². The molecule has 0 bridgehead atoms. The van der Waals surface area contributed by atoms with E-state index < -0.39 is 27.1 Å². The first-order valence-electron chi connectivity index (χ1n) is 10.9. The van der Waals surface area contributed by atoms with Crippen LogP contribution in [0.4, 0.5) is 17.1 Å². The van der Waals surface area contributed by atoms with Gasteiger partial charge in [-0.05, 0) is 57.5 Å². The quantitative estimate of drug-likeness (QED) is 0.276. The van der Waals surface area contributed by atoms with Gasteiger partial charge in [-0.2, -0.15) is 10.1 Å². The van der Waals surface area contributed by atoms with Gasteiger partial charge in [0, 0.05) is 29.6 Å². The van der Waals surface area contributed by atoms with E-state index in [4.69, 9.17) is 4.74 Å². The lowest BCUT2D eigenvalue weighted by atomic mass is 10.1. The number of benzene rings is 2. The summed E-state index contributed by atoms with van der Waals surface area (Å²) in [5, 5.41) is 29.2. The molecule has 4 rings (SSSR count). The predicted molar refractivity (Wildman–Crippen MR) is 132 cm³/mol. The molecule has 13 heteroatoms. The Hall–Kier alpha value is -5.20. The number of carbonyl (C=O) groups excluding carboxylic acids is 1. The molecule has 0 saturated carbocycles. The zero-order valence-electron chi connectivity index (χ0n) is 20.3. The highest BCUT2D eigenvalue weighted by Crippen LogP contribution is 2.26. The SMILES string of the molecule is Cc1nc(Oc2ccc(NC(=O)c3cc([N+](=O)[O-])cc([N+](=O)[O-])c3)cc2)cc(-n2nc(C)c(C)c2C)n1. The molecule has 1 N–H and O–H groups in total. The third-order valence-corrected chi connectivity index (χ3v) is 5.59. The molecule has 0 spiro atoms. The number of amides is 1. The molecule has 0 fully saturated rings. The Morgan fingerprint density at radius 3 is 2.08 bits per heavy atom. The van der Waals surface area contributed by atoms with Crippen molar-refractivity contribution in [1.29, 1.82) is 0 Å². The maximum Gasteiger partial charge on any atom is 0.277 e. The van der Waals surface area contributed by atoms with Gasteiger partial charge in [-0.25, -0.2) is 9.67 Å². The number of hydrogen-bond acceptors (Lipinski definition) is 9. The minimum absolute atomic E-state index is 0.218. The number of aryl methyl sites for hydroxylation is 2. The average Bonchev–Trinajstić information content (AvgIpc) is 3.11. The molecular formula is C24H21N7O6. The Morgan fingerprint density at radius 1 is 0.919 bits per heavy atom. The Labute approximate surface area is 210 Å². The fourth-order valence-electron chi connectivity index (χ4n) is 3.50. The number of nitro groups is 2. The molecule has 0 aliphatic heterocycles. The number of hydrogen-bond donors (Lipinski definition) is 1. The van der Waals surface area contributed by atoms with Crippen molar-refractivity contribution in [2.24, 2.45) is 0 Å². The molecule has 0 atom stereocenters. The van der Waals surface area contributed by atoms with E-state index in [0.717, 1.165) is 35.2 Å². The van der Waals surface area contributed by atoms with Gasteiger partial charge in [-0.1, -0.05) is 0 Å². The standard InChI is InChI=1S/C24H21N7O6/c1-13-14(2)28-29(15(13)3)22-12-23(26-16(4)25-22)37-21-7-5-18(6-8-21)27-24(32)17-9-19(30(33)34)11-20(10-17)31(35)36/h5-12H,1-4H3,(H,27,32). The first kappa shape index (κ1) is 24.9. The smallest absolute Gasteiger partial charge is 0.277 e. The number of rotatable bonds is 7. The fourth-order valence-corrected chi connectivity index (χ4v) is 3.50. The Balaban J connectivity index is 1.51. The summed E-state index contributed by atoms with van der Waals surface area (Å²) in [5.74, 6) is 1.04. The molecule has 2 heterocycles. The van der Waals surface area contributed by atoms with E-state index in [0.29, 0.717) is 29.0 Å². The molecule has 13 nitrogen and oxygen atoms in total. The molecule has 0 saturated heterocycles. The molecule has 2 aromatic heterocycles. The number of anilines is 1. The summed E-state index contributed by atoms with van der Waals surface area (Å²) in [6, 6.07) is 10.7. The third kappa shape index (κ3) is 5.40. The highest BCUT2D eigenvalue weighted by molar-refractivity contribution is 6.05. The molecule has 188 valence electrons. The molecule has 37 heavy (non-hydrogen) atoms. The zero-order valence-corrected chi connectivity index (χ0v) is 20.3. The number of ether oxygens (including phenoxy) is 1. The van der Waals surface area contributed by atoms with Crippen LogP contribution in [0.2, 0.25) is 0 Å². The molecule has 0 aliphatic carbocycles. The minimum Gasteiger partial charge on any atom is -0.439 e. The number of nitrogens with zero attached hydrogens (tertiary/aromatic N) is 6. The Kier molecular flexibility index (Phi) is 6.61. The van der Waals surface area contributed by atoms with Crippen molar-refractivity contribution in [3.05, 3.63) is 97.1 Å². The molecule has 0 radical (unpaired) electrons. The first-order valence-corrected chi connectivity index (χ1v) is 10.9. The molecule has 4 aromatic rings. The third-order valence-electron chi connectivity index (χ3n) is 5.59. The summed E-state index contributed by atoms with van der Waals surface area (Å²) in [7, 11) is 0. The van der Waals surface area contributed by atoms with Gasteiger partial charge in [-0.15, -0.1) is 0 Å². The van der Waals surface area contributed by atoms with Crippen molar-refractivity contribution in [2.45, 2.75) is 27.7 Å². The summed E-state index contributed by atoms with van der Waals surface area (Å²) in [5.41, 5.74) is 1.94. The second kappa shape index (κ2) is 9.81. The van der Waals surface area contributed by atoms with Crippen LogP contribution in [0.3, 0.4) is 0 Å². The van der Waals surface area contributed by atoms with Crippen LogP contribution in [0, 0.1) is 47.9 Å². The van der Waals surface area contributed by atoms with Gasteiger partial charge in [0.25, 0.3) is 17.3 Å². The van der Waals surface area contributed by atoms with Gasteiger partial charge in [0.1, 0.15) is 11.6 Å². The van der Waals surface area contributed by atoms with E-state index in [1.54, 1.807) is 41.9 Å². The van der Waals surface area contributed by atoms with Gasteiger partial charge in [0.05, 0.1) is 27.2 Å². The number of nitrogens with one attached hydrogen (secondary N) is 1. The van der Waals surface area contributed by atoms with E-state index in [1.807, 2.05) is 20.8 Å². The van der Waals surface area contributed by atoms with Crippen LogP contribution >= 0.6 is 0 Å². The van der Waals surface area contributed by atoms with Crippen molar-refractivity contribution in [3.8, 4) is 17.4 Å². The second-order valence-corrected chi connectivity index (χ2v) is 8.15. The van der Waals surface area contributed by atoms with Crippen molar-refractivity contribution in [3.63, 3.8) is 0 Å². The summed E-state index contributed by atoms with van der Waals surface area (Å²) < 4.78 is 7.60. The van der Waals surface area contributed by atoms with E-state index in [9.17, 15) is 25.0 Å². The van der Waals surface area contributed by atoms with Gasteiger partial charge in [-0.3, -0.25) is 25.0 Å². The average molecular weight is 503 g/mol. The highest BCUT2D eigenvalue weighted by atomic mass is 16.6. The lowest BCUT2D eigenvalue weighted by Crippen LogP contribution is -2.12. The number of aromatic nitrogens is 4. The summed E-state index contributed by atoms with van der Waals surface area (Å²) in [4.78, 5) is 41.9. The predicted octanol–water partition coefficient (Wildman–Crippen LogP) is 4.76. The highest BCUT2D eigenvalue weighted by Gasteiger charge is 2.20. The summed E-state index contributed by atoms with van der Waals surface area (Å²) in [6.45, 7) is 7.60. The van der Waals surface area contributed by atoms with E-state index in [1.165, 1.54) is 0 Å². The summed E-state index contributed by atoms with van der Waals surface area (Å²) in [6.07, 6.45) is 0. The first-order chi connectivity index (χ1) is 17.5. The van der Waals surface area contributed by atoms with Crippen molar-refractivity contribution in [2.75, 3.05) is 5.32 Å². The zero-order chi connectivity index (χ0) is 26.9. The molecule has 2 aromatic carbocycles. The van der Waals surface area contributed by atoms with Crippen LogP contribution in [0.15, 0.2) is 48.5 Å². The monoisotopic (exact) mass is 503 g/mol. The van der Waals surface area contributed by atoms with E-state index >= 15 is 0 Å². The largest absolute Gasteiger partial charge is 0.439 e. The van der Waals surface area contributed by atoms with Crippen LogP contribution in [-0.4, -0.2) is 35.5 Å². The fraction of sp³-hybridized carbons (Fsp3) is 0.167. The maximum absolute atomic E-state index is 12.6. The number of carbonyl (C=O) groups is 1. The van der Waals surface area contributed by atoms with Crippen LogP contribution < -0.4 is 10.1 Å². The molecule has 0 unspecified atom stereocenters. The van der Waals surface area contributed by atoms with Crippen LogP contribution in [-0.2, 0) is 0 Å². The van der Waals surface area contributed by atoms with E-state index in [-0.39, 0.29) is 5.56 Å². The molecular weight excluding hydrogens is 482 g/mol. The Morgan fingerprint density at radius 2 is 1.54 bits per heavy atom. The number of non-ortho nitro benzene ring substituents is 2. The maximum atomic E-state index is 12.6. The second-order valence-electron chi connectivity index (χ2n) is 8.15. The number of nitro benzene ring substituents is 2. The topological polar surface area (TPSA) is 168 Å². The van der Waals surface area contributed by atoms with Crippen LogP contribution in [0.1, 0.15) is 33.1 Å². The van der Waals surface area contributed by atoms with Crippen LogP contribution in [0.25, 0.3) is 5.82 Å². The van der Waals surface area contributed by atoms with Crippen LogP contribution in [0.5, 0.6) is 11.6 Å². The lowest BCUT2D eigenvalue weighted by Gasteiger charge is -2.10. The lowest BCUT2D eigenvalue weighted by molar-refractivity contribution is -0.394. The van der Waals surface area contributed by atoms with Gasteiger partial charge < -0.3 is 10.1 Å². The van der Waals surface area contributed by atoms with Gasteiger partial charge in [0.2, 0.25) is 5.88 Å². The van der Waals surface area contributed by atoms with Crippen molar-refractivity contribution >= 4 is 23.0 Å².